The minimum Gasteiger partial charge on any atom is -0.332 e. The first kappa shape index (κ1) is 14.3. The Kier molecular flexibility index (Phi) is 3.43. The average Bonchev–Trinajstić information content (AvgIpc) is 3.24. The first-order valence-corrected chi connectivity index (χ1v) is 7.97. The molecule has 4 aromatic rings. The molecule has 0 atom stereocenters. The predicted molar refractivity (Wildman–Crippen MR) is 93.6 cm³/mol. The summed E-state index contributed by atoms with van der Waals surface area (Å²) in [6.45, 7) is 0. The van der Waals surface area contributed by atoms with Gasteiger partial charge in [-0.25, -0.2) is 4.98 Å². The third-order valence-corrected chi connectivity index (χ3v) is 4.33. The minimum absolute atomic E-state index is 0.0701. The molecule has 0 unspecified atom stereocenters. The molecular weight excluding hydrogens is 326 g/mol. The summed E-state index contributed by atoms with van der Waals surface area (Å²) < 4.78 is 0. The van der Waals surface area contributed by atoms with Crippen LogP contribution < -0.4 is 5.32 Å². The summed E-state index contributed by atoms with van der Waals surface area (Å²) in [6.07, 6.45) is 1.77. The zero-order valence-corrected chi connectivity index (χ0v) is 13.1. The summed E-state index contributed by atoms with van der Waals surface area (Å²) in [4.78, 5) is 14.8. The standard InChI is InChI=1S/C16H11N5O2S/c22-21(23)13-4-1-10(2-5-13)15-9-24-16(19-15)18-12-3-6-14-11(7-12)8-17-20-14/h1-9H,(H,17,20)(H,18,19). The molecule has 0 aliphatic rings. The summed E-state index contributed by atoms with van der Waals surface area (Å²) in [5.74, 6) is 0. The molecule has 0 saturated carbocycles. The number of nitrogens with one attached hydrogen (secondary N) is 2. The number of rotatable bonds is 4. The van der Waals surface area contributed by atoms with Crippen molar-refractivity contribution in [1.82, 2.24) is 15.2 Å². The number of non-ortho nitro benzene ring substituents is 1. The number of nitro benzene ring substituents is 1. The molecule has 2 aromatic heterocycles. The topological polar surface area (TPSA) is 96.7 Å². The Labute approximate surface area is 140 Å². The molecule has 0 spiro atoms. The lowest BCUT2D eigenvalue weighted by Crippen LogP contribution is -1.90. The van der Waals surface area contributed by atoms with Crippen molar-refractivity contribution in [3.63, 3.8) is 0 Å². The zero-order chi connectivity index (χ0) is 16.5. The molecule has 0 saturated heterocycles. The van der Waals surface area contributed by atoms with Crippen LogP contribution >= 0.6 is 11.3 Å². The van der Waals surface area contributed by atoms with Crippen LogP contribution in [0.5, 0.6) is 0 Å². The second-order valence-electron chi connectivity index (χ2n) is 5.14. The first-order chi connectivity index (χ1) is 11.7. The van der Waals surface area contributed by atoms with Crippen molar-refractivity contribution in [2.75, 3.05) is 5.32 Å². The molecule has 24 heavy (non-hydrogen) atoms. The number of aromatic amines is 1. The van der Waals surface area contributed by atoms with Crippen molar-refractivity contribution in [1.29, 1.82) is 0 Å². The van der Waals surface area contributed by atoms with Gasteiger partial charge in [-0.1, -0.05) is 0 Å². The number of nitrogens with zero attached hydrogens (tertiary/aromatic N) is 3. The fourth-order valence-electron chi connectivity index (χ4n) is 2.36. The summed E-state index contributed by atoms with van der Waals surface area (Å²) in [6, 6.07) is 12.3. The lowest BCUT2D eigenvalue weighted by molar-refractivity contribution is -0.384. The first-order valence-electron chi connectivity index (χ1n) is 7.09. The Balaban J connectivity index is 1.56. The van der Waals surface area contributed by atoms with Crippen molar-refractivity contribution in [3.8, 4) is 11.3 Å². The monoisotopic (exact) mass is 337 g/mol. The van der Waals surface area contributed by atoms with E-state index in [1.54, 1.807) is 18.3 Å². The Morgan fingerprint density at radius 2 is 2.00 bits per heavy atom. The SMILES string of the molecule is O=[N+]([O-])c1ccc(-c2csc(Nc3ccc4[nH]ncc4c3)n2)cc1. The van der Waals surface area contributed by atoms with E-state index in [1.165, 1.54) is 23.5 Å². The molecule has 0 radical (unpaired) electrons. The Morgan fingerprint density at radius 1 is 1.17 bits per heavy atom. The maximum Gasteiger partial charge on any atom is 0.269 e. The van der Waals surface area contributed by atoms with E-state index in [1.807, 2.05) is 23.6 Å². The molecule has 0 fully saturated rings. The van der Waals surface area contributed by atoms with Gasteiger partial charge in [0.05, 0.1) is 22.3 Å². The van der Waals surface area contributed by atoms with E-state index in [9.17, 15) is 10.1 Å². The fourth-order valence-corrected chi connectivity index (χ4v) is 3.10. The second kappa shape index (κ2) is 5.74. The smallest absolute Gasteiger partial charge is 0.269 e. The van der Waals surface area contributed by atoms with Gasteiger partial charge in [-0.05, 0) is 30.3 Å². The molecule has 118 valence electrons. The van der Waals surface area contributed by atoms with E-state index in [4.69, 9.17) is 0 Å². The highest BCUT2D eigenvalue weighted by Gasteiger charge is 2.08. The largest absolute Gasteiger partial charge is 0.332 e. The highest BCUT2D eigenvalue weighted by atomic mass is 32.1. The van der Waals surface area contributed by atoms with Gasteiger partial charge in [0.1, 0.15) is 0 Å². The highest BCUT2D eigenvalue weighted by molar-refractivity contribution is 7.14. The molecule has 0 aliphatic carbocycles. The molecule has 8 heteroatoms. The quantitative estimate of drug-likeness (QED) is 0.426. The highest BCUT2D eigenvalue weighted by Crippen LogP contribution is 2.29. The summed E-state index contributed by atoms with van der Waals surface area (Å²) >= 11 is 1.48. The number of nitro groups is 1. The normalized spacial score (nSPS) is 10.8. The van der Waals surface area contributed by atoms with Gasteiger partial charge in [0.15, 0.2) is 5.13 Å². The number of hydrogen-bond donors (Lipinski definition) is 2. The molecule has 0 bridgehead atoms. The number of fused-ring (bicyclic) bond motifs is 1. The lowest BCUT2D eigenvalue weighted by atomic mass is 10.1. The van der Waals surface area contributed by atoms with Crippen molar-refractivity contribution in [2.45, 2.75) is 0 Å². The van der Waals surface area contributed by atoms with Crippen LogP contribution in [0.2, 0.25) is 0 Å². The van der Waals surface area contributed by atoms with Gasteiger partial charge in [0.2, 0.25) is 0 Å². The van der Waals surface area contributed by atoms with Gasteiger partial charge >= 0.3 is 0 Å². The summed E-state index contributed by atoms with van der Waals surface area (Å²) in [7, 11) is 0. The number of aromatic nitrogens is 3. The van der Waals surface area contributed by atoms with Crippen LogP contribution in [0.4, 0.5) is 16.5 Å². The number of benzene rings is 2. The maximum absolute atomic E-state index is 10.7. The van der Waals surface area contributed by atoms with E-state index in [2.05, 4.69) is 20.5 Å². The van der Waals surface area contributed by atoms with Gasteiger partial charge in [-0.2, -0.15) is 5.10 Å². The lowest BCUT2D eigenvalue weighted by Gasteiger charge is -2.02. The van der Waals surface area contributed by atoms with Crippen LogP contribution in [0, 0.1) is 10.1 Å². The molecule has 0 amide bonds. The van der Waals surface area contributed by atoms with Gasteiger partial charge in [-0.3, -0.25) is 15.2 Å². The van der Waals surface area contributed by atoms with Crippen LogP contribution in [-0.2, 0) is 0 Å². The third kappa shape index (κ3) is 2.70. The van der Waals surface area contributed by atoms with E-state index >= 15 is 0 Å². The van der Waals surface area contributed by atoms with Crippen molar-refractivity contribution in [3.05, 3.63) is 64.2 Å². The zero-order valence-electron chi connectivity index (χ0n) is 12.3. The molecular formula is C16H11N5O2S. The summed E-state index contributed by atoms with van der Waals surface area (Å²) in [5.41, 5.74) is 3.59. The maximum atomic E-state index is 10.7. The van der Waals surface area contributed by atoms with Crippen LogP contribution in [0.3, 0.4) is 0 Å². The number of anilines is 2. The minimum atomic E-state index is -0.413. The Bertz CT molecular complexity index is 1020. The van der Waals surface area contributed by atoms with Gasteiger partial charge in [0, 0.05) is 34.1 Å². The van der Waals surface area contributed by atoms with Crippen LogP contribution in [-0.4, -0.2) is 20.1 Å². The molecule has 4 rings (SSSR count). The van der Waals surface area contributed by atoms with Crippen LogP contribution in [0.15, 0.2) is 54.0 Å². The van der Waals surface area contributed by atoms with Crippen LogP contribution in [0.1, 0.15) is 0 Å². The van der Waals surface area contributed by atoms with Gasteiger partial charge in [-0.15, -0.1) is 11.3 Å². The number of thiazole rings is 1. The van der Waals surface area contributed by atoms with Crippen molar-refractivity contribution >= 4 is 38.7 Å². The Morgan fingerprint density at radius 3 is 2.79 bits per heavy atom. The Hall–Kier alpha value is -3.26. The number of H-pyrrole nitrogens is 1. The van der Waals surface area contributed by atoms with Gasteiger partial charge in [0.25, 0.3) is 5.69 Å². The van der Waals surface area contributed by atoms with E-state index in [0.717, 1.165) is 33.0 Å². The molecule has 2 N–H and O–H groups in total. The summed E-state index contributed by atoms with van der Waals surface area (Å²) in [5, 5.41) is 24.6. The fraction of sp³-hybridized carbons (Fsp3) is 0. The molecule has 0 aliphatic heterocycles. The van der Waals surface area contributed by atoms with Crippen LogP contribution in [0.25, 0.3) is 22.2 Å². The van der Waals surface area contributed by atoms with E-state index < -0.39 is 4.92 Å². The number of hydrogen-bond acceptors (Lipinski definition) is 6. The molecule has 2 heterocycles. The average molecular weight is 337 g/mol. The van der Waals surface area contributed by atoms with Crippen molar-refractivity contribution in [2.24, 2.45) is 0 Å². The third-order valence-electron chi connectivity index (χ3n) is 3.57. The second-order valence-corrected chi connectivity index (χ2v) is 6.00. The van der Waals surface area contributed by atoms with Crippen molar-refractivity contribution < 1.29 is 4.92 Å². The van der Waals surface area contributed by atoms with E-state index in [0.29, 0.717) is 0 Å². The predicted octanol–water partition coefficient (Wildman–Crippen LogP) is 4.34. The van der Waals surface area contributed by atoms with Gasteiger partial charge < -0.3 is 5.32 Å². The molecule has 2 aromatic carbocycles. The van der Waals surface area contributed by atoms with E-state index in [-0.39, 0.29) is 5.69 Å². The molecule has 7 nitrogen and oxygen atoms in total.